The fraction of sp³-hybridized carbons (Fsp3) is 0. The molecule has 0 bridgehead atoms. The first-order chi connectivity index (χ1) is 19.6. The number of benzene rings is 5. The van der Waals surface area contributed by atoms with Gasteiger partial charge in [-0.1, -0.05) is 114 Å². The molecule has 2 aromatic heterocycles. The maximum atomic E-state index is 7.07. The summed E-state index contributed by atoms with van der Waals surface area (Å²) in [7, 11) is 0. The fourth-order valence-electron chi connectivity index (χ4n) is 5.14. The second-order valence-corrected chi connectivity index (χ2v) is 11.4. The van der Waals surface area contributed by atoms with E-state index in [1.54, 1.807) is 18.0 Å². The molecule has 7 rings (SSSR count). The minimum atomic E-state index is 0.646. The number of hydrogen-bond donors (Lipinski definition) is 2. The topological polar surface area (TPSA) is 32.8 Å². The standard InChI is InChI=1S/C34H23Cl2N3S/c35-24-18-33(37-21-24)40-32-20-26(39-30-12-6-4-10-27(30)28-11-5-7-13-31(28)39)19-29(34(32)36)38-25-16-14-23(15-17-25)22-8-2-1-3-9-22/h1-21,37-38H. The molecule has 0 saturated carbocycles. The van der Waals surface area contributed by atoms with E-state index in [0.717, 1.165) is 43.6 Å². The Bertz CT molecular complexity index is 1920. The summed E-state index contributed by atoms with van der Waals surface area (Å²) < 4.78 is 2.30. The lowest BCUT2D eigenvalue weighted by atomic mass is 10.1. The Morgan fingerprint density at radius 3 is 1.93 bits per heavy atom. The Kier molecular flexibility index (Phi) is 6.52. The molecular weight excluding hydrogens is 553 g/mol. The predicted molar refractivity (Wildman–Crippen MR) is 171 cm³/mol. The quantitative estimate of drug-likeness (QED) is 0.206. The van der Waals surface area contributed by atoms with Gasteiger partial charge in [-0.3, -0.25) is 0 Å². The summed E-state index contributed by atoms with van der Waals surface area (Å²) in [4.78, 5) is 4.15. The molecule has 7 aromatic rings. The highest BCUT2D eigenvalue weighted by Crippen LogP contribution is 2.42. The third-order valence-electron chi connectivity index (χ3n) is 6.97. The van der Waals surface area contributed by atoms with E-state index in [-0.39, 0.29) is 0 Å². The van der Waals surface area contributed by atoms with Gasteiger partial charge in [0.2, 0.25) is 0 Å². The molecule has 40 heavy (non-hydrogen) atoms. The third-order valence-corrected chi connectivity index (χ3v) is 8.71. The van der Waals surface area contributed by atoms with Crippen LogP contribution in [0.15, 0.2) is 137 Å². The van der Waals surface area contributed by atoms with E-state index in [4.69, 9.17) is 23.2 Å². The number of rotatable bonds is 6. The zero-order valence-corrected chi connectivity index (χ0v) is 23.6. The van der Waals surface area contributed by atoms with Gasteiger partial charge in [0.25, 0.3) is 0 Å². The lowest BCUT2D eigenvalue weighted by Gasteiger charge is -2.17. The zero-order chi connectivity index (χ0) is 27.1. The number of aromatic amines is 1. The van der Waals surface area contributed by atoms with Crippen molar-refractivity contribution in [2.75, 3.05) is 5.32 Å². The summed E-state index contributed by atoms with van der Waals surface area (Å²) in [6.45, 7) is 0. The van der Waals surface area contributed by atoms with Gasteiger partial charge >= 0.3 is 0 Å². The fourth-order valence-corrected chi connectivity index (χ4v) is 6.56. The monoisotopic (exact) mass is 575 g/mol. The van der Waals surface area contributed by atoms with Gasteiger partial charge in [0, 0.05) is 33.2 Å². The molecule has 2 N–H and O–H groups in total. The summed E-state index contributed by atoms with van der Waals surface area (Å²) in [5, 5.41) is 8.24. The number of H-pyrrole nitrogens is 1. The normalized spacial score (nSPS) is 11.3. The lowest BCUT2D eigenvalue weighted by Crippen LogP contribution is -1.99. The number of anilines is 2. The maximum Gasteiger partial charge on any atom is 0.0785 e. The number of nitrogens with zero attached hydrogens (tertiary/aromatic N) is 1. The highest BCUT2D eigenvalue weighted by atomic mass is 35.5. The highest BCUT2D eigenvalue weighted by Gasteiger charge is 2.17. The molecule has 194 valence electrons. The van der Waals surface area contributed by atoms with Crippen molar-refractivity contribution >= 4 is 68.1 Å². The van der Waals surface area contributed by atoms with Crippen molar-refractivity contribution in [3.8, 4) is 16.8 Å². The van der Waals surface area contributed by atoms with Crippen molar-refractivity contribution in [3.05, 3.63) is 138 Å². The molecule has 0 fully saturated rings. The van der Waals surface area contributed by atoms with Crippen LogP contribution in [-0.4, -0.2) is 9.55 Å². The van der Waals surface area contributed by atoms with E-state index in [1.807, 2.05) is 12.1 Å². The number of para-hydroxylation sites is 2. The molecule has 0 aliphatic heterocycles. The summed E-state index contributed by atoms with van der Waals surface area (Å²) in [5.41, 5.74) is 7.44. The molecular formula is C34H23Cl2N3S. The first-order valence-corrected chi connectivity index (χ1v) is 14.5. The summed E-state index contributed by atoms with van der Waals surface area (Å²) in [5.74, 6) is 0. The van der Waals surface area contributed by atoms with E-state index in [9.17, 15) is 0 Å². The van der Waals surface area contributed by atoms with Gasteiger partial charge in [-0.2, -0.15) is 0 Å². The van der Waals surface area contributed by atoms with Gasteiger partial charge in [-0.25, -0.2) is 0 Å². The van der Waals surface area contributed by atoms with Crippen LogP contribution in [-0.2, 0) is 0 Å². The number of fused-ring (bicyclic) bond motifs is 3. The molecule has 3 nitrogen and oxygen atoms in total. The van der Waals surface area contributed by atoms with E-state index in [2.05, 4.69) is 124 Å². The average Bonchev–Trinajstić information content (AvgIpc) is 3.56. The molecule has 2 heterocycles. The van der Waals surface area contributed by atoms with Crippen molar-refractivity contribution < 1.29 is 0 Å². The first kappa shape index (κ1) is 24.9. The molecule has 0 unspecified atom stereocenters. The summed E-state index contributed by atoms with van der Waals surface area (Å²) in [6.07, 6.45) is 1.78. The minimum absolute atomic E-state index is 0.646. The zero-order valence-electron chi connectivity index (χ0n) is 21.2. The lowest BCUT2D eigenvalue weighted by molar-refractivity contribution is 1.16. The second-order valence-electron chi connectivity index (χ2n) is 9.53. The van der Waals surface area contributed by atoms with Crippen LogP contribution in [0, 0.1) is 0 Å². The SMILES string of the molecule is Clc1c[nH]c(Sc2cc(-n3c4ccccc4c4ccccc43)cc(Nc3ccc(-c4ccccc4)cc3)c2Cl)c1. The Labute approximate surface area is 246 Å². The van der Waals surface area contributed by atoms with Crippen molar-refractivity contribution in [2.45, 2.75) is 9.92 Å². The molecule has 0 amide bonds. The van der Waals surface area contributed by atoms with E-state index < -0.39 is 0 Å². The van der Waals surface area contributed by atoms with Crippen LogP contribution in [0.3, 0.4) is 0 Å². The van der Waals surface area contributed by atoms with Crippen LogP contribution < -0.4 is 5.32 Å². The van der Waals surface area contributed by atoms with Gasteiger partial charge in [0.15, 0.2) is 0 Å². The number of halogens is 2. The number of aromatic nitrogens is 2. The molecule has 5 aromatic carbocycles. The van der Waals surface area contributed by atoms with Crippen molar-refractivity contribution in [3.63, 3.8) is 0 Å². The van der Waals surface area contributed by atoms with Crippen molar-refractivity contribution in [1.82, 2.24) is 9.55 Å². The van der Waals surface area contributed by atoms with E-state index in [1.165, 1.54) is 16.3 Å². The minimum Gasteiger partial charge on any atom is -0.355 e. The second kappa shape index (κ2) is 10.5. The van der Waals surface area contributed by atoms with Crippen molar-refractivity contribution in [1.29, 1.82) is 0 Å². The number of hydrogen-bond acceptors (Lipinski definition) is 2. The average molecular weight is 577 g/mol. The van der Waals surface area contributed by atoms with E-state index in [0.29, 0.717) is 10.0 Å². The van der Waals surface area contributed by atoms with Crippen LogP contribution in [0.4, 0.5) is 11.4 Å². The van der Waals surface area contributed by atoms with Gasteiger partial charge in [0.1, 0.15) is 0 Å². The number of nitrogens with one attached hydrogen (secondary N) is 2. The molecule has 0 atom stereocenters. The Balaban J connectivity index is 1.36. The van der Waals surface area contributed by atoms with Crippen molar-refractivity contribution in [2.24, 2.45) is 0 Å². The molecule has 0 saturated heterocycles. The maximum absolute atomic E-state index is 7.07. The van der Waals surface area contributed by atoms with Gasteiger partial charge in [0.05, 0.1) is 31.8 Å². The summed E-state index contributed by atoms with van der Waals surface area (Å²) in [6, 6.07) is 42.0. The third kappa shape index (κ3) is 4.65. The molecule has 0 spiro atoms. The van der Waals surface area contributed by atoms with Gasteiger partial charge in [-0.15, -0.1) is 0 Å². The van der Waals surface area contributed by atoms with Crippen LogP contribution >= 0.6 is 35.0 Å². The van der Waals surface area contributed by atoms with E-state index >= 15 is 0 Å². The molecule has 0 aliphatic rings. The predicted octanol–water partition coefficient (Wildman–Crippen LogP) is 11.0. The van der Waals surface area contributed by atoms with Gasteiger partial charge in [-0.05, 0) is 53.6 Å². The van der Waals surface area contributed by atoms with Crippen LogP contribution in [0.2, 0.25) is 10.0 Å². The Hall–Kier alpha value is -4.09. The van der Waals surface area contributed by atoms with Gasteiger partial charge < -0.3 is 14.9 Å². The first-order valence-electron chi connectivity index (χ1n) is 12.9. The Morgan fingerprint density at radius 2 is 1.27 bits per heavy atom. The Morgan fingerprint density at radius 1 is 0.650 bits per heavy atom. The van der Waals surface area contributed by atoms with Crippen LogP contribution in [0.25, 0.3) is 38.6 Å². The molecule has 0 aliphatic carbocycles. The smallest absolute Gasteiger partial charge is 0.0785 e. The summed E-state index contributed by atoms with van der Waals surface area (Å²) >= 11 is 14.8. The molecule has 0 radical (unpaired) electrons. The molecule has 6 heteroatoms. The highest BCUT2D eigenvalue weighted by molar-refractivity contribution is 7.99. The van der Waals surface area contributed by atoms with Crippen LogP contribution in [0.5, 0.6) is 0 Å². The van der Waals surface area contributed by atoms with Crippen LogP contribution in [0.1, 0.15) is 0 Å². The largest absolute Gasteiger partial charge is 0.355 e.